The molecule has 0 amide bonds. The van der Waals surface area contributed by atoms with Gasteiger partial charge in [-0.05, 0) is 25.0 Å². The van der Waals surface area contributed by atoms with Gasteiger partial charge in [-0.25, -0.2) is 0 Å². The Labute approximate surface area is 70.6 Å². The van der Waals surface area contributed by atoms with Crippen LogP contribution in [0.4, 0.5) is 5.82 Å². The van der Waals surface area contributed by atoms with Crippen molar-refractivity contribution in [3.63, 3.8) is 0 Å². The Hall–Kier alpha value is -1.16. The van der Waals surface area contributed by atoms with Crippen molar-refractivity contribution < 1.29 is 5.11 Å². The minimum atomic E-state index is -0.0449. The average molecular weight is 165 g/mol. The predicted molar refractivity (Wildman–Crippen MR) is 44.6 cm³/mol. The van der Waals surface area contributed by atoms with Gasteiger partial charge in [0, 0.05) is 6.04 Å². The molecule has 64 valence electrons. The predicted octanol–water partition coefficient (Wildman–Crippen LogP) is 0.543. The van der Waals surface area contributed by atoms with Crippen LogP contribution in [-0.4, -0.2) is 21.3 Å². The van der Waals surface area contributed by atoms with Gasteiger partial charge >= 0.3 is 0 Å². The fourth-order valence-electron chi connectivity index (χ4n) is 0.958. The molecule has 0 saturated heterocycles. The third-order valence-electron chi connectivity index (χ3n) is 1.81. The van der Waals surface area contributed by atoms with Crippen molar-refractivity contribution in [2.45, 2.75) is 25.5 Å². The van der Waals surface area contributed by atoms with E-state index in [2.05, 4.69) is 15.5 Å². The normalized spacial score (nSPS) is 16.1. The third-order valence-corrected chi connectivity index (χ3v) is 1.81. The molecule has 1 aromatic heterocycles. The second-order valence-corrected chi connectivity index (χ2v) is 2.99. The van der Waals surface area contributed by atoms with E-state index >= 15 is 0 Å². The van der Waals surface area contributed by atoms with Gasteiger partial charge in [-0.1, -0.05) is 0 Å². The van der Waals surface area contributed by atoms with E-state index in [4.69, 9.17) is 5.11 Å². The van der Waals surface area contributed by atoms with Crippen LogP contribution in [0.3, 0.4) is 0 Å². The Balaban J connectivity index is 2.02. The molecule has 1 aliphatic carbocycles. The SMILES string of the molecule is OCc1ccc(NC2CC2)nn1. The van der Waals surface area contributed by atoms with E-state index in [-0.39, 0.29) is 6.61 Å². The summed E-state index contributed by atoms with van der Waals surface area (Å²) < 4.78 is 0. The van der Waals surface area contributed by atoms with E-state index < -0.39 is 0 Å². The van der Waals surface area contributed by atoms with E-state index in [1.807, 2.05) is 6.07 Å². The van der Waals surface area contributed by atoms with Crippen molar-refractivity contribution in [3.05, 3.63) is 17.8 Å². The maximum atomic E-state index is 8.70. The summed E-state index contributed by atoms with van der Waals surface area (Å²) in [5.74, 6) is 0.801. The molecule has 1 aromatic rings. The maximum Gasteiger partial charge on any atom is 0.148 e. The number of hydrogen-bond acceptors (Lipinski definition) is 4. The lowest BCUT2D eigenvalue weighted by atomic mass is 10.4. The Morgan fingerprint density at radius 1 is 1.42 bits per heavy atom. The molecule has 0 radical (unpaired) electrons. The summed E-state index contributed by atoms with van der Waals surface area (Å²) >= 11 is 0. The molecule has 4 heteroatoms. The molecular formula is C8H11N3O. The topological polar surface area (TPSA) is 58.0 Å². The minimum Gasteiger partial charge on any atom is -0.390 e. The first-order valence-corrected chi connectivity index (χ1v) is 4.08. The molecular weight excluding hydrogens is 154 g/mol. The Morgan fingerprint density at radius 2 is 2.25 bits per heavy atom. The summed E-state index contributed by atoms with van der Waals surface area (Å²) in [5, 5.41) is 19.6. The van der Waals surface area contributed by atoms with Crippen LogP contribution < -0.4 is 5.32 Å². The summed E-state index contributed by atoms with van der Waals surface area (Å²) in [7, 11) is 0. The molecule has 0 unspecified atom stereocenters. The number of aliphatic hydroxyl groups is 1. The number of aromatic nitrogens is 2. The Bertz CT molecular complexity index is 256. The molecule has 2 N–H and O–H groups in total. The average Bonchev–Trinajstić information content (AvgIpc) is 2.90. The van der Waals surface area contributed by atoms with Gasteiger partial charge in [-0.3, -0.25) is 0 Å². The van der Waals surface area contributed by atoms with E-state index in [1.54, 1.807) is 6.07 Å². The molecule has 0 aliphatic heterocycles. The number of nitrogens with zero attached hydrogens (tertiary/aromatic N) is 2. The van der Waals surface area contributed by atoms with Crippen LogP contribution in [0.5, 0.6) is 0 Å². The summed E-state index contributed by atoms with van der Waals surface area (Å²) in [6.45, 7) is -0.0449. The van der Waals surface area contributed by atoms with Gasteiger partial charge in [0.1, 0.15) is 5.82 Å². The molecule has 1 aliphatic rings. The minimum absolute atomic E-state index is 0.0449. The number of aliphatic hydroxyl groups excluding tert-OH is 1. The summed E-state index contributed by atoms with van der Waals surface area (Å²) in [6.07, 6.45) is 2.45. The smallest absolute Gasteiger partial charge is 0.148 e. The second-order valence-electron chi connectivity index (χ2n) is 2.99. The van der Waals surface area contributed by atoms with Crippen LogP contribution >= 0.6 is 0 Å². The molecule has 1 saturated carbocycles. The summed E-state index contributed by atoms with van der Waals surface area (Å²) in [5.41, 5.74) is 0.608. The number of rotatable bonds is 3. The molecule has 12 heavy (non-hydrogen) atoms. The Morgan fingerprint density at radius 3 is 2.75 bits per heavy atom. The zero-order chi connectivity index (χ0) is 8.39. The van der Waals surface area contributed by atoms with E-state index in [9.17, 15) is 0 Å². The van der Waals surface area contributed by atoms with Crippen LogP contribution in [0.1, 0.15) is 18.5 Å². The molecule has 1 heterocycles. The molecule has 1 fully saturated rings. The fraction of sp³-hybridized carbons (Fsp3) is 0.500. The highest BCUT2D eigenvalue weighted by molar-refractivity contribution is 5.35. The fourth-order valence-corrected chi connectivity index (χ4v) is 0.958. The van der Waals surface area contributed by atoms with Crippen LogP contribution in [0.2, 0.25) is 0 Å². The lowest BCUT2D eigenvalue weighted by molar-refractivity contribution is 0.275. The quantitative estimate of drug-likeness (QED) is 0.686. The zero-order valence-corrected chi connectivity index (χ0v) is 6.70. The largest absolute Gasteiger partial charge is 0.390 e. The first-order valence-electron chi connectivity index (χ1n) is 4.08. The first kappa shape index (κ1) is 7.49. The van der Waals surface area contributed by atoms with Gasteiger partial charge < -0.3 is 10.4 Å². The van der Waals surface area contributed by atoms with E-state index in [0.29, 0.717) is 11.7 Å². The standard InChI is InChI=1S/C8H11N3O/c12-5-7-3-4-8(11-10-7)9-6-1-2-6/h3-4,6,12H,1-2,5H2,(H,9,11). The van der Waals surface area contributed by atoms with Crippen molar-refractivity contribution in [3.8, 4) is 0 Å². The molecule has 0 bridgehead atoms. The molecule has 0 spiro atoms. The number of hydrogen-bond donors (Lipinski definition) is 2. The van der Waals surface area contributed by atoms with Crippen LogP contribution in [-0.2, 0) is 6.61 Å². The third kappa shape index (κ3) is 1.71. The monoisotopic (exact) mass is 165 g/mol. The van der Waals surface area contributed by atoms with Crippen molar-refractivity contribution in [2.75, 3.05) is 5.32 Å². The van der Waals surface area contributed by atoms with Gasteiger partial charge in [-0.2, -0.15) is 5.10 Å². The highest BCUT2D eigenvalue weighted by Gasteiger charge is 2.21. The van der Waals surface area contributed by atoms with Crippen LogP contribution in [0.25, 0.3) is 0 Å². The van der Waals surface area contributed by atoms with E-state index in [1.165, 1.54) is 12.8 Å². The van der Waals surface area contributed by atoms with Crippen molar-refractivity contribution >= 4 is 5.82 Å². The summed E-state index contributed by atoms with van der Waals surface area (Å²) in [4.78, 5) is 0. The van der Waals surface area contributed by atoms with Crippen LogP contribution in [0, 0.1) is 0 Å². The molecule has 0 aromatic carbocycles. The van der Waals surface area contributed by atoms with Gasteiger partial charge in [0.05, 0.1) is 12.3 Å². The lowest BCUT2D eigenvalue weighted by Crippen LogP contribution is -2.04. The van der Waals surface area contributed by atoms with Gasteiger partial charge in [0.15, 0.2) is 0 Å². The molecule has 2 rings (SSSR count). The highest BCUT2D eigenvalue weighted by Crippen LogP contribution is 2.23. The van der Waals surface area contributed by atoms with E-state index in [0.717, 1.165) is 5.82 Å². The van der Waals surface area contributed by atoms with Gasteiger partial charge in [0.2, 0.25) is 0 Å². The number of anilines is 1. The first-order chi connectivity index (χ1) is 5.88. The Kier molecular flexibility index (Phi) is 1.91. The van der Waals surface area contributed by atoms with Crippen LogP contribution in [0.15, 0.2) is 12.1 Å². The maximum absolute atomic E-state index is 8.70. The van der Waals surface area contributed by atoms with Crippen molar-refractivity contribution in [1.82, 2.24) is 10.2 Å². The van der Waals surface area contributed by atoms with Gasteiger partial charge in [0.25, 0.3) is 0 Å². The molecule has 4 nitrogen and oxygen atoms in total. The number of nitrogens with one attached hydrogen (secondary N) is 1. The van der Waals surface area contributed by atoms with Crippen molar-refractivity contribution in [1.29, 1.82) is 0 Å². The highest BCUT2D eigenvalue weighted by atomic mass is 16.3. The lowest BCUT2D eigenvalue weighted by Gasteiger charge is -2.01. The summed E-state index contributed by atoms with van der Waals surface area (Å²) in [6, 6.07) is 4.22. The zero-order valence-electron chi connectivity index (χ0n) is 6.70. The van der Waals surface area contributed by atoms with Crippen molar-refractivity contribution in [2.24, 2.45) is 0 Å². The van der Waals surface area contributed by atoms with Gasteiger partial charge in [-0.15, -0.1) is 5.10 Å². The molecule has 0 atom stereocenters. The second kappa shape index (κ2) is 3.06.